The van der Waals surface area contributed by atoms with Crippen LogP contribution in [0.25, 0.3) is 39.1 Å². The summed E-state index contributed by atoms with van der Waals surface area (Å²) in [4.78, 5) is 29.4. The third-order valence-electron chi connectivity index (χ3n) is 8.74. The minimum atomic E-state index is -0.0737. The minimum absolute atomic E-state index is 0.0737. The number of benzene rings is 1. The fraction of sp³-hybridized carbons (Fsp3) is 0.300. The van der Waals surface area contributed by atoms with Gasteiger partial charge < -0.3 is 4.90 Å². The van der Waals surface area contributed by atoms with Crippen molar-refractivity contribution in [3.63, 3.8) is 0 Å². The highest BCUT2D eigenvalue weighted by atomic mass is 16.2. The van der Waals surface area contributed by atoms with Gasteiger partial charge >= 0.3 is 0 Å². The topological polar surface area (TPSA) is 134 Å². The number of aromatic amines is 2. The average Bonchev–Trinajstić information content (AvgIpc) is 3.73. The van der Waals surface area contributed by atoms with E-state index >= 15 is 0 Å². The summed E-state index contributed by atoms with van der Waals surface area (Å²) in [7, 11) is 0. The van der Waals surface area contributed by atoms with Crippen LogP contribution in [-0.4, -0.2) is 68.4 Å². The fourth-order valence-electron chi connectivity index (χ4n) is 6.77. The van der Waals surface area contributed by atoms with E-state index in [1.807, 2.05) is 53.0 Å². The van der Waals surface area contributed by atoms with Crippen molar-refractivity contribution in [3.8, 4) is 22.4 Å². The summed E-state index contributed by atoms with van der Waals surface area (Å²) < 4.78 is 1.83. The van der Waals surface area contributed by atoms with Gasteiger partial charge in [-0.1, -0.05) is 36.4 Å². The smallest absolute Gasteiger partial charge is 0.291 e. The van der Waals surface area contributed by atoms with Crippen molar-refractivity contribution in [3.05, 3.63) is 78.4 Å². The Morgan fingerprint density at radius 3 is 2.66 bits per heavy atom. The van der Waals surface area contributed by atoms with Crippen LogP contribution in [0.4, 0.5) is 0 Å². The number of rotatable bonds is 4. The van der Waals surface area contributed by atoms with Crippen molar-refractivity contribution >= 4 is 22.6 Å². The predicted molar refractivity (Wildman–Crippen MR) is 152 cm³/mol. The molecule has 2 N–H and O–H groups in total. The molecule has 2 saturated heterocycles. The quantitative estimate of drug-likeness (QED) is 0.332. The zero-order chi connectivity index (χ0) is 27.5. The Balaban J connectivity index is 1.20. The van der Waals surface area contributed by atoms with Gasteiger partial charge in [0, 0.05) is 47.1 Å². The second kappa shape index (κ2) is 9.33. The van der Waals surface area contributed by atoms with Crippen molar-refractivity contribution < 1.29 is 4.79 Å². The number of carbonyl (C=O) groups is 1. The number of aryl methyl sites for hydroxylation is 1. The van der Waals surface area contributed by atoms with E-state index in [0.29, 0.717) is 11.7 Å². The Hall–Kier alpha value is -4.93. The van der Waals surface area contributed by atoms with Gasteiger partial charge in [0.2, 0.25) is 5.82 Å². The summed E-state index contributed by atoms with van der Waals surface area (Å²) in [6.07, 6.45) is 9.02. The highest BCUT2D eigenvalue weighted by Crippen LogP contribution is 2.43. The molecular weight excluding hydrogens is 516 g/mol. The number of aromatic nitrogens is 9. The van der Waals surface area contributed by atoms with E-state index in [-0.39, 0.29) is 17.9 Å². The van der Waals surface area contributed by atoms with E-state index in [2.05, 4.69) is 43.6 Å². The molecule has 41 heavy (non-hydrogen) atoms. The maximum absolute atomic E-state index is 13.3. The standard InChI is InChI=1S/C30H28N10O/c1-17-25-26(21-11-18-7-9-22(12-21)39(15-18)30(41)27-32-16-33-37-27)35-28-23(14-34-40(28)29(25)38-36-17)20-8-10-24(31-13-20)19-5-3-2-4-6-19/h2-6,8,10,13-14,16,18,21-22H,7,9,11-12,15H2,1H3,(H,36,38)(H,32,33,37)/t18-,21+,22-/m0/s1. The number of nitrogens with zero attached hydrogens (tertiary/aromatic N) is 8. The van der Waals surface area contributed by atoms with Crippen LogP contribution in [0, 0.1) is 12.8 Å². The zero-order valence-electron chi connectivity index (χ0n) is 22.5. The Labute approximate surface area is 235 Å². The van der Waals surface area contributed by atoms with Crippen molar-refractivity contribution in [1.29, 1.82) is 0 Å². The zero-order valence-corrected chi connectivity index (χ0v) is 22.5. The van der Waals surface area contributed by atoms with E-state index in [9.17, 15) is 4.79 Å². The van der Waals surface area contributed by atoms with Gasteiger partial charge in [-0.15, -0.1) is 0 Å². The fourth-order valence-corrected chi connectivity index (χ4v) is 6.77. The van der Waals surface area contributed by atoms with Gasteiger partial charge in [-0.3, -0.25) is 20.0 Å². The molecule has 204 valence electrons. The molecule has 2 bridgehead atoms. The lowest BCUT2D eigenvalue weighted by atomic mass is 9.90. The SMILES string of the molecule is Cc1[nH]nc2c1c([C@@H]1C[C@@H]3CC[C@@H](C1)N(C(=O)c1ncn[nH]1)C3)nc1c(-c3ccc(-c4ccccc4)nc3)cnn12. The number of H-pyrrole nitrogens is 2. The molecule has 6 aromatic rings. The highest BCUT2D eigenvalue weighted by molar-refractivity contribution is 5.91. The molecule has 1 aromatic carbocycles. The maximum Gasteiger partial charge on any atom is 0.291 e. The molecule has 3 aliphatic rings. The molecule has 0 unspecified atom stereocenters. The molecule has 9 rings (SSSR count). The maximum atomic E-state index is 13.3. The summed E-state index contributed by atoms with van der Waals surface area (Å²) in [6, 6.07) is 14.4. The van der Waals surface area contributed by atoms with Crippen LogP contribution in [0.5, 0.6) is 0 Å². The molecule has 5 aromatic heterocycles. The Morgan fingerprint density at radius 1 is 0.951 bits per heavy atom. The lowest BCUT2D eigenvalue weighted by Gasteiger charge is -2.36. The monoisotopic (exact) mass is 544 g/mol. The summed E-state index contributed by atoms with van der Waals surface area (Å²) in [5.74, 6) is 0.808. The van der Waals surface area contributed by atoms with E-state index in [0.717, 1.165) is 82.7 Å². The van der Waals surface area contributed by atoms with Gasteiger partial charge in [0.25, 0.3) is 5.91 Å². The molecule has 11 nitrogen and oxygen atoms in total. The van der Waals surface area contributed by atoms with Crippen LogP contribution in [0.2, 0.25) is 0 Å². The van der Waals surface area contributed by atoms with Gasteiger partial charge in [0.05, 0.1) is 23.0 Å². The van der Waals surface area contributed by atoms with E-state index in [1.54, 1.807) is 0 Å². The highest BCUT2D eigenvalue weighted by Gasteiger charge is 2.40. The van der Waals surface area contributed by atoms with E-state index in [1.165, 1.54) is 6.33 Å². The number of amides is 1. The molecule has 1 aliphatic carbocycles. The normalized spacial score (nSPS) is 20.6. The predicted octanol–water partition coefficient (Wildman–Crippen LogP) is 4.56. The molecule has 11 heteroatoms. The summed E-state index contributed by atoms with van der Waals surface area (Å²) in [5, 5.41) is 20.2. The van der Waals surface area contributed by atoms with Crippen LogP contribution in [0.1, 0.15) is 53.6 Å². The van der Waals surface area contributed by atoms with Gasteiger partial charge in [-0.25, -0.2) is 9.97 Å². The second-order valence-corrected chi connectivity index (χ2v) is 11.2. The molecule has 0 spiro atoms. The summed E-state index contributed by atoms with van der Waals surface area (Å²) in [6.45, 7) is 2.77. The lowest BCUT2D eigenvalue weighted by molar-refractivity contribution is 0.0558. The number of hydrogen-bond donors (Lipinski definition) is 2. The van der Waals surface area contributed by atoms with Crippen molar-refractivity contribution in [1.82, 2.24) is 49.9 Å². The molecular formula is C30H28N10O. The van der Waals surface area contributed by atoms with Crippen LogP contribution in [-0.2, 0) is 0 Å². The Bertz CT molecular complexity index is 1870. The number of nitrogens with one attached hydrogen (secondary N) is 2. The van der Waals surface area contributed by atoms with Gasteiger partial charge in [-0.2, -0.15) is 19.8 Å². The first-order chi connectivity index (χ1) is 20.1. The first-order valence-electron chi connectivity index (χ1n) is 14.0. The van der Waals surface area contributed by atoms with Crippen molar-refractivity contribution in [2.75, 3.05) is 6.54 Å². The van der Waals surface area contributed by atoms with Gasteiger partial charge in [0.15, 0.2) is 11.3 Å². The minimum Gasteiger partial charge on any atom is -0.333 e. The van der Waals surface area contributed by atoms with Gasteiger partial charge in [0.1, 0.15) is 6.33 Å². The van der Waals surface area contributed by atoms with E-state index in [4.69, 9.17) is 15.1 Å². The number of hydrogen-bond acceptors (Lipinski definition) is 7. The third kappa shape index (κ3) is 3.91. The molecule has 7 heterocycles. The van der Waals surface area contributed by atoms with Crippen LogP contribution < -0.4 is 0 Å². The molecule has 1 amide bonds. The molecule has 0 radical (unpaired) electrons. The first kappa shape index (κ1) is 23.9. The number of carbonyl (C=O) groups excluding carboxylic acids is 1. The van der Waals surface area contributed by atoms with Crippen LogP contribution >= 0.6 is 0 Å². The average molecular weight is 545 g/mol. The third-order valence-corrected chi connectivity index (χ3v) is 8.74. The Morgan fingerprint density at radius 2 is 1.85 bits per heavy atom. The largest absolute Gasteiger partial charge is 0.333 e. The molecule has 2 aliphatic heterocycles. The van der Waals surface area contributed by atoms with Gasteiger partial charge in [-0.05, 0) is 44.6 Å². The number of pyridine rings is 1. The summed E-state index contributed by atoms with van der Waals surface area (Å²) in [5.41, 5.74) is 7.40. The van der Waals surface area contributed by atoms with Crippen molar-refractivity contribution in [2.24, 2.45) is 5.92 Å². The second-order valence-electron chi connectivity index (χ2n) is 11.2. The number of fused-ring (bicyclic) bond motifs is 7. The first-order valence-corrected chi connectivity index (χ1v) is 14.0. The molecule has 1 saturated carbocycles. The number of piperidine rings is 1. The van der Waals surface area contributed by atoms with Crippen molar-refractivity contribution in [2.45, 2.75) is 44.6 Å². The van der Waals surface area contributed by atoms with Crippen LogP contribution in [0.15, 0.2) is 61.2 Å². The Kier molecular flexibility index (Phi) is 5.44. The molecule has 3 fully saturated rings. The molecule has 3 atom stereocenters. The lowest BCUT2D eigenvalue weighted by Crippen LogP contribution is -2.45. The summed E-state index contributed by atoms with van der Waals surface area (Å²) >= 11 is 0. The van der Waals surface area contributed by atoms with Crippen LogP contribution in [0.3, 0.4) is 0 Å². The van der Waals surface area contributed by atoms with E-state index < -0.39 is 0 Å².